The summed E-state index contributed by atoms with van der Waals surface area (Å²) in [4.78, 5) is 50.3. The summed E-state index contributed by atoms with van der Waals surface area (Å²) in [5, 5.41) is 0. The molecule has 0 saturated carbocycles. The molecule has 2 aliphatic heterocycles. The molecule has 2 aliphatic rings. The quantitative estimate of drug-likeness (QED) is 0.391. The molecule has 0 radical (unpaired) electrons. The van der Waals surface area contributed by atoms with Crippen LogP contribution in [0, 0.1) is 0 Å². The minimum absolute atomic E-state index is 0.119. The van der Waals surface area contributed by atoms with Crippen LogP contribution in [0.1, 0.15) is 35.7 Å². The minimum atomic E-state index is -3.42. The number of urea groups is 1. The monoisotopic (exact) mass is 407 g/mol. The number of rotatable bonds is 6. The van der Waals surface area contributed by atoms with Crippen molar-refractivity contribution in [3.8, 4) is 0 Å². The maximum Gasteiger partial charge on any atom is 0.334 e. The molecule has 2 heterocycles. The maximum atomic E-state index is 12.6. The van der Waals surface area contributed by atoms with E-state index in [9.17, 15) is 27.6 Å². The van der Waals surface area contributed by atoms with Crippen LogP contribution >= 0.6 is 0 Å². The van der Waals surface area contributed by atoms with E-state index in [1.54, 1.807) is 19.1 Å². The second kappa shape index (κ2) is 7.34. The number of amides is 4. The van der Waals surface area contributed by atoms with Crippen LogP contribution in [0.2, 0.25) is 0 Å². The molecule has 0 atom stereocenters. The summed E-state index contributed by atoms with van der Waals surface area (Å²) in [7, 11) is -3.42. The van der Waals surface area contributed by atoms with E-state index in [0.717, 1.165) is 11.2 Å². The number of sulfonamides is 1. The molecule has 0 aromatic heterocycles. The first-order valence-electron chi connectivity index (χ1n) is 8.96. The molecule has 0 N–H and O–H groups in total. The number of carbonyl (C=O) groups excluding carboxylic acids is 4. The van der Waals surface area contributed by atoms with Crippen LogP contribution in [0.4, 0.5) is 10.5 Å². The van der Waals surface area contributed by atoms with Crippen molar-refractivity contribution in [2.75, 3.05) is 30.2 Å². The molecular weight excluding hydrogens is 386 g/mol. The summed E-state index contributed by atoms with van der Waals surface area (Å²) < 4.78 is 25.2. The number of anilines is 1. The number of carbonyl (C=O) groups is 4. The Morgan fingerprint density at radius 2 is 1.79 bits per heavy atom. The van der Waals surface area contributed by atoms with E-state index in [4.69, 9.17) is 0 Å². The average molecular weight is 407 g/mol. The predicted octanol–water partition coefficient (Wildman–Crippen LogP) is 0.782. The number of ketones is 1. The van der Waals surface area contributed by atoms with Crippen LogP contribution in [0.25, 0.3) is 0 Å². The lowest BCUT2D eigenvalue weighted by molar-refractivity contribution is -0.143. The molecule has 1 fully saturated rings. The maximum absolute atomic E-state index is 12.6. The van der Waals surface area contributed by atoms with Gasteiger partial charge in [0.2, 0.25) is 10.0 Å². The Labute approximate surface area is 162 Å². The van der Waals surface area contributed by atoms with Crippen LogP contribution < -0.4 is 4.31 Å². The molecule has 150 valence electrons. The molecular formula is C18H21N3O6S. The lowest BCUT2D eigenvalue weighted by Crippen LogP contribution is -2.37. The van der Waals surface area contributed by atoms with Gasteiger partial charge in [0.25, 0.3) is 0 Å². The Bertz CT molecular complexity index is 972. The minimum Gasteiger partial charge on any atom is -0.292 e. The number of benzene rings is 1. The van der Waals surface area contributed by atoms with Crippen molar-refractivity contribution < 1.29 is 27.6 Å². The van der Waals surface area contributed by atoms with E-state index in [-0.39, 0.29) is 12.1 Å². The molecule has 1 aromatic rings. The van der Waals surface area contributed by atoms with E-state index in [0.29, 0.717) is 42.0 Å². The molecule has 3 rings (SSSR count). The smallest absolute Gasteiger partial charge is 0.292 e. The van der Waals surface area contributed by atoms with Crippen LogP contribution in [-0.4, -0.2) is 67.7 Å². The molecule has 0 bridgehead atoms. The number of nitrogens with zero attached hydrogens (tertiary/aromatic N) is 3. The fraction of sp³-hybridized carbons (Fsp3) is 0.444. The zero-order chi connectivity index (χ0) is 20.6. The van der Waals surface area contributed by atoms with Gasteiger partial charge in [0.05, 0.1) is 18.5 Å². The van der Waals surface area contributed by atoms with Crippen LogP contribution in [0.15, 0.2) is 18.2 Å². The highest BCUT2D eigenvalue weighted by Gasteiger charge is 2.44. The summed E-state index contributed by atoms with van der Waals surface area (Å²) in [6.45, 7) is 1.74. The van der Waals surface area contributed by atoms with Gasteiger partial charge in [-0.25, -0.2) is 18.1 Å². The number of Topliss-reactive ketones (excluding diaryl/α,β-unsaturated/α-hetero) is 1. The summed E-state index contributed by atoms with van der Waals surface area (Å²) in [6.07, 6.45) is 2.88. The van der Waals surface area contributed by atoms with Gasteiger partial charge < -0.3 is 0 Å². The van der Waals surface area contributed by atoms with Crippen LogP contribution in [0.5, 0.6) is 0 Å². The largest absolute Gasteiger partial charge is 0.334 e. The van der Waals surface area contributed by atoms with Gasteiger partial charge in [-0.15, -0.1) is 0 Å². The lowest BCUT2D eigenvalue weighted by atomic mass is 9.99. The third kappa shape index (κ3) is 3.51. The fourth-order valence-corrected chi connectivity index (χ4v) is 4.42. The Kier molecular flexibility index (Phi) is 5.24. The second-order valence-electron chi connectivity index (χ2n) is 6.84. The number of imide groups is 2. The highest BCUT2D eigenvalue weighted by atomic mass is 32.2. The van der Waals surface area contributed by atoms with Crippen molar-refractivity contribution in [2.24, 2.45) is 0 Å². The first-order chi connectivity index (χ1) is 13.1. The number of aryl methyl sites for hydroxylation is 1. The van der Waals surface area contributed by atoms with Gasteiger partial charge in [-0.05, 0) is 43.0 Å². The first-order valence-corrected chi connectivity index (χ1v) is 10.8. The van der Waals surface area contributed by atoms with Crippen LogP contribution in [-0.2, 0) is 26.0 Å². The number of hydrogen-bond acceptors (Lipinski definition) is 6. The average Bonchev–Trinajstić information content (AvgIpc) is 2.84. The van der Waals surface area contributed by atoms with E-state index < -0.39 is 40.2 Å². The second-order valence-corrected chi connectivity index (χ2v) is 8.74. The molecule has 4 amide bonds. The third-order valence-corrected chi connectivity index (χ3v) is 5.94. The Morgan fingerprint density at radius 1 is 1.11 bits per heavy atom. The molecule has 10 heteroatoms. The molecule has 28 heavy (non-hydrogen) atoms. The van der Waals surface area contributed by atoms with E-state index in [2.05, 4.69) is 0 Å². The Balaban J connectivity index is 1.82. The van der Waals surface area contributed by atoms with E-state index in [1.807, 2.05) is 0 Å². The van der Waals surface area contributed by atoms with Gasteiger partial charge in [-0.2, -0.15) is 0 Å². The van der Waals surface area contributed by atoms with Gasteiger partial charge in [0, 0.05) is 18.7 Å². The normalized spacial score (nSPS) is 17.4. The fourth-order valence-electron chi connectivity index (χ4n) is 3.43. The number of hydrogen-bond donors (Lipinski definition) is 0. The molecule has 1 saturated heterocycles. The van der Waals surface area contributed by atoms with Crippen molar-refractivity contribution in [1.29, 1.82) is 0 Å². The standard InChI is InChI=1S/C18H21N3O6S/c1-3-8-19-16(23)17(24)20(18(19)25)11-15(22)13-6-7-14-12(10-13)5-4-9-21(14)28(2,26)27/h6-7,10H,3-5,8-9,11H2,1-2H3. The predicted molar refractivity (Wildman–Crippen MR) is 100 cm³/mol. The first kappa shape index (κ1) is 20.0. The van der Waals surface area contributed by atoms with Crippen molar-refractivity contribution in [1.82, 2.24) is 9.80 Å². The Hall–Kier alpha value is -2.75. The lowest BCUT2D eigenvalue weighted by Gasteiger charge is -2.29. The Morgan fingerprint density at radius 3 is 2.43 bits per heavy atom. The summed E-state index contributed by atoms with van der Waals surface area (Å²) in [5.41, 5.74) is 1.50. The SMILES string of the molecule is CCCN1C(=O)C(=O)N(CC(=O)c2ccc3c(c2)CCCN3S(C)(=O)=O)C1=O. The zero-order valence-electron chi connectivity index (χ0n) is 15.7. The van der Waals surface area contributed by atoms with Crippen molar-refractivity contribution >= 4 is 39.3 Å². The van der Waals surface area contributed by atoms with E-state index in [1.165, 1.54) is 10.4 Å². The molecule has 0 spiro atoms. The zero-order valence-corrected chi connectivity index (χ0v) is 16.5. The van der Waals surface area contributed by atoms with Crippen LogP contribution in [0.3, 0.4) is 0 Å². The molecule has 1 aromatic carbocycles. The van der Waals surface area contributed by atoms with Crippen molar-refractivity contribution in [2.45, 2.75) is 26.2 Å². The highest BCUT2D eigenvalue weighted by Crippen LogP contribution is 2.30. The van der Waals surface area contributed by atoms with Gasteiger partial charge in [0.1, 0.15) is 0 Å². The molecule has 9 nitrogen and oxygen atoms in total. The highest BCUT2D eigenvalue weighted by molar-refractivity contribution is 7.92. The molecule has 0 unspecified atom stereocenters. The summed E-state index contributed by atoms with van der Waals surface area (Å²) in [6, 6.07) is 3.84. The van der Waals surface area contributed by atoms with Crippen molar-refractivity contribution in [3.63, 3.8) is 0 Å². The van der Waals surface area contributed by atoms with Gasteiger partial charge >= 0.3 is 17.8 Å². The number of fused-ring (bicyclic) bond motifs is 1. The summed E-state index contributed by atoms with van der Waals surface area (Å²) >= 11 is 0. The topological polar surface area (TPSA) is 112 Å². The van der Waals surface area contributed by atoms with E-state index >= 15 is 0 Å². The molecule has 0 aliphatic carbocycles. The van der Waals surface area contributed by atoms with Gasteiger partial charge in [-0.1, -0.05) is 6.92 Å². The third-order valence-electron chi connectivity index (χ3n) is 4.76. The van der Waals surface area contributed by atoms with Crippen molar-refractivity contribution in [3.05, 3.63) is 29.3 Å². The van der Waals surface area contributed by atoms with Gasteiger partial charge in [0.15, 0.2) is 5.78 Å². The van der Waals surface area contributed by atoms with Gasteiger partial charge in [-0.3, -0.25) is 23.6 Å². The summed E-state index contributed by atoms with van der Waals surface area (Å²) in [5.74, 6) is -2.42.